The van der Waals surface area contributed by atoms with Crippen molar-refractivity contribution in [1.29, 1.82) is 0 Å². The SMILES string of the molecule is C[C@H]1CN(C(=O)c2ccc3cc(-c4n[nH]c5c4C[C@@H]4C(F)(F)[C@]4(C)C5)[nH]c3c2)CCN1CC1CCN(c2ccc(C3CCC(=O)NC3=O)cc2)CC1. The fourth-order valence-corrected chi connectivity index (χ4v) is 9.49. The van der Waals surface area contributed by atoms with Crippen molar-refractivity contribution in [2.45, 2.75) is 70.3 Å². The van der Waals surface area contributed by atoms with Crippen LogP contribution in [0.4, 0.5) is 14.5 Å². The number of alkyl halides is 2. The molecule has 0 bridgehead atoms. The highest BCUT2D eigenvalue weighted by atomic mass is 19.3. The lowest BCUT2D eigenvalue weighted by molar-refractivity contribution is -0.134. The van der Waals surface area contributed by atoms with Crippen molar-refractivity contribution in [1.82, 2.24) is 30.3 Å². The first kappa shape index (κ1) is 33.3. The quantitative estimate of drug-likeness (QED) is 0.228. The Morgan fingerprint density at radius 1 is 1.00 bits per heavy atom. The Hall–Kier alpha value is -4.58. The number of nitrogens with one attached hydrogen (secondary N) is 3. The summed E-state index contributed by atoms with van der Waals surface area (Å²) in [5, 5.41) is 11.0. The summed E-state index contributed by atoms with van der Waals surface area (Å²) in [7, 11) is 0. The predicted molar refractivity (Wildman–Crippen MR) is 193 cm³/mol. The monoisotopic (exact) mass is 709 g/mol. The summed E-state index contributed by atoms with van der Waals surface area (Å²) < 4.78 is 29.0. The van der Waals surface area contributed by atoms with Gasteiger partial charge >= 0.3 is 0 Å². The van der Waals surface area contributed by atoms with Crippen LogP contribution in [0.5, 0.6) is 0 Å². The molecule has 3 aliphatic heterocycles. The van der Waals surface area contributed by atoms with Crippen LogP contribution >= 0.6 is 0 Å². The minimum absolute atomic E-state index is 0.0221. The van der Waals surface area contributed by atoms with Crippen LogP contribution in [-0.4, -0.2) is 93.9 Å². The highest BCUT2D eigenvalue weighted by Gasteiger charge is 2.78. The molecule has 272 valence electrons. The van der Waals surface area contributed by atoms with Crippen LogP contribution in [0, 0.1) is 17.3 Å². The lowest BCUT2D eigenvalue weighted by Crippen LogP contribution is -2.55. The van der Waals surface area contributed by atoms with Gasteiger partial charge in [-0.1, -0.05) is 25.1 Å². The fraction of sp³-hybridized carbons (Fsp3) is 0.500. The maximum absolute atomic E-state index is 14.5. The van der Waals surface area contributed by atoms with E-state index in [1.165, 1.54) is 5.69 Å². The van der Waals surface area contributed by atoms with E-state index in [9.17, 15) is 23.2 Å². The molecule has 10 nitrogen and oxygen atoms in total. The van der Waals surface area contributed by atoms with E-state index in [1.807, 2.05) is 41.3 Å². The standard InChI is InChI=1S/C40H45F2N7O3/c1-23-21-49(16-15-48(23)22-24-11-13-47(14-12-24)28-7-5-25(6-8-28)29-9-10-35(50)44-37(29)51)38(52)27-4-3-26-17-32(43-31(26)18-27)36-30-19-34-39(2,40(34,41)42)20-33(30)45-46-36/h3-8,17-18,23-24,29,34,43H,9-16,19-22H2,1-2H3,(H,45,46)(H,44,50,51)/t23-,29?,34-,39+/m0/s1. The van der Waals surface area contributed by atoms with Crippen LogP contribution < -0.4 is 10.2 Å². The molecule has 4 fully saturated rings. The molecule has 52 heavy (non-hydrogen) atoms. The molecule has 12 heteroatoms. The summed E-state index contributed by atoms with van der Waals surface area (Å²) in [6.07, 6.45) is 3.77. The summed E-state index contributed by atoms with van der Waals surface area (Å²) in [6.45, 7) is 9.07. The molecule has 2 aromatic carbocycles. The van der Waals surface area contributed by atoms with Gasteiger partial charge in [0.05, 0.1) is 11.6 Å². The Kier molecular flexibility index (Phi) is 7.84. The first-order valence-electron chi connectivity index (χ1n) is 18.8. The number of hydrogen-bond acceptors (Lipinski definition) is 6. The van der Waals surface area contributed by atoms with E-state index >= 15 is 0 Å². The van der Waals surface area contributed by atoms with Crippen molar-refractivity contribution >= 4 is 34.3 Å². The van der Waals surface area contributed by atoms with Crippen molar-refractivity contribution in [2.75, 3.05) is 44.2 Å². The Labute approximate surface area is 301 Å². The lowest BCUT2D eigenvalue weighted by atomic mass is 9.87. The van der Waals surface area contributed by atoms with Gasteiger partial charge in [-0.05, 0) is 74.4 Å². The van der Waals surface area contributed by atoms with E-state index in [4.69, 9.17) is 0 Å². The second kappa shape index (κ2) is 12.2. The molecule has 0 radical (unpaired) electrons. The summed E-state index contributed by atoms with van der Waals surface area (Å²) >= 11 is 0. The number of imide groups is 1. The van der Waals surface area contributed by atoms with E-state index in [2.05, 4.69) is 49.4 Å². The number of nitrogens with zero attached hydrogens (tertiary/aromatic N) is 4. The maximum atomic E-state index is 14.5. The second-order valence-corrected chi connectivity index (χ2v) is 16.1. The highest BCUT2D eigenvalue weighted by molar-refractivity contribution is 6.01. The molecule has 1 unspecified atom stereocenters. The zero-order chi connectivity index (χ0) is 35.9. The van der Waals surface area contributed by atoms with Crippen LogP contribution in [0.2, 0.25) is 0 Å². The number of fused-ring (bicyclic) bond motifs is 3. The third-order valence-electron chi connectivity index (χ3n) is 13.0. The Bertz CT molecular complexity index is 2070. The second-order valence-electron chi connectivity index (χ2n) is 16.1. The number of rotatable bonds is 6. The summed E-state index contributed by atoms with van der Waals surface area (Å²) in [5.41, 5.74) is 5.77. The molecule has 9 rings (SSSR count). The van der Waals surface area contributed by atoms with Crippen molar-refractivity contribution in [3.05, 3.63) is 70.9 Å². The third-order valence-corrected chi connectivity index (χ3v) is 13.0. The van der Waals surface area contributed by atoms with Gasteiger partial charge in [0.25, 0.3) is 11.8 Å². The zero-order valence-electron chi connectivity index (χ0n) is 29.7. The molecule has 2 aliphatic carbocycles. The van der Waals surface area contributed by atoms with Crippen LogP contribution in [0.1, 0.15) is 72.6 Å². The molecular weight excluding hydrogens is 664 g/mol. The number of H-pyrrole nitrogens is 2. The van der Waals surface area contributed by atoms with Gasteiger partial charge in [-0.15, -0.1) is 0 Å². The smallest absolute Gasteiger partial charge is 0.258 e. The molecule has 2 aromatic heterocycles. The number of aromatic amines is 2. The van der Waals surface area contributed by atoms with Crippen molar-refractivity contribution in [3.63, 3.8) is 0 Å². The number of benzene rings is 2. The van der Waals surface area contributed by atoms with Gasteiger partial charge < -0.3 is 14.8 Å². The van der Waals surface area contributed by atoms with E-state index in [1.54, 1.807) is 6.92 Å². The van der Waals surface area contributed by atoms with Gasteiger partial charge in [0.15, 0.2) is 0 Å². The number of carbonyl (C=O) groups is 3. The average molecular weight is 710 g/mol. The molecule has 4 aromatic rings. The van der Waals surface area contributed by atoms with Crippen LogP contribution in [0.3, 0.4) is 0 Å². The molecule has 3 amide bonds. The molecule has 5 heterocycles. The van der Waals surface area contributed by atoms with Crippen molar-refractivity contribution in [3.8, 4) is 11.4 Å². The normalized spacial score (nSPS) is 27.7. The van der Waals surface area contributed by atoms with Gasteiger partial charge in [0.2, 0.25) is 11.8 Å². The average Bonchev–Trinajstić information content (AvgIpc) is 3.52. The Morgan fingerprint density at radius 3 is 2.54 bits per heavy atom. The minimum Gasteiger partial charge on any atom is -0.372 e. The van der Waals surface area contributed by atoms with E-state index in [0.29, 0.717) is 55.9 Å². The summed E-state index contributed by atoms with van der Waals surface area (Å²) in [4.78, 5) is 47.9. The molecule has 4 atom stereocenters. The van der Waals surface area contributed by atoms with Gasteiger partial charge in [-0.3, -0.25) is 29.7 Å². The van der Waals surface area contributed by atoms with Gasteiger partial charge in [0.1, 0.15) is 5.69 Å². The van der Waals surface area contributed by atoms with Crippen molar-refractivity contribution in [2.24, 2.45) is 17.3 Å². The number of anilines is 1. The molecule has 3 saturated heterocycles. The number of piperazine rings is 1. The van der Waals surface area contributed by atoms with Crippen molar-refractivity contribution < 1.29 is 23.2 Å². The Morgan fingerprint density at radius 2 is 1.79 bits per heavy atom. The number of halogens is 2. The van der Waals surface area contributed by atoms with Gasteiger partial charge in [-0.2, -0.15) is 5.10 Å². The number of piperidine rings is 2. The Balaban J connectivity index is 0.783. The topological polar surface area (TPSA) is 117 Å². The first-order chi connectivity index (χ1) is 25.0. The van der Waals surface area contributed by atoms with Crippen LogP contribution in [0.15, 0.2) is 48.5 Å². The van der Waals surface area contributed by atoms with Gasteiger partial charge in [-0.25, -0.2) is 8.78 Å². The van der Waals surface area contributed by atoms with E-state index in [0.717, 1.165) is 72.4 Å². The summed E-state index contributed by atoms with van der Waals surface area (Å²) in [6, 6.07) is 16.2. The zero-order valence-corrected chi connectivity index (χ0v) is 29.7. The van der Waals surface area contributed by atoms with Crippen LogP contribution in [-0.2, 0) is 22.4 Å². The maximum Gasteiger partial charge on any atom is 0.258 e. The molecule has 5 aliphatic rings. The van der Waals surface area contributed by atoms with E-state index in [-0.39, 0.29) is 29.7 Å². The molecule has 3 N–H and O–H groups in total. The predicted octanol–water partition coefficient (Wildman–Crippen LogP) is 5.51. The summed E-state index contributed by atoms with van der Waals surface area (Å²) in [5.74, 6) is -3.32. The first-order valence-corrected chi connectivity index (χ1v) is 18.8. The van der Waals surface area contributed by atoms with E-state index < -0.39 is 17.3 Å². The number of amides is 3. The largest absolute Gasteiger partial charge is 0.372 e. The highest BCUT2D eigenvalue weighted by Crippen LogP contribution is 2.70. The lowest BCUT2D eigenvalue weighted by Gasteiger charge is -2.43. The van der Waals surface area contributed by atoms with Crippen LogP contribution in [0.25, 0.3) is 22.3 Å². The van der Waals surface area contributed by atoms with Gasteiger partial charge in [0, 0.05) is 103 Å². The number of aromatic nitrogens is 3. The molecule has 0 spiro atoms. The number of carbonyl (C=O) groups excluding carboxylic acids is 3. The fourth-order valence-electron chi connectivity index (χ4n) is 9.49. The minimum atomic E-state index is -2.64. The molecule has 1 saturated carbocycles. The third kappa shape index (κ3) is 5.52. The number of hydrogen-bond donors (Lipinski definition) is 3. The molecular formula is C40H45F2N7O3.